The van der Waals surface area contributed by atoms with E-state index in [1.54, 1.807) is 35.4 Å². The standard InChI is InChI=1S/C25H24Cl3N5O2/c1-13-8-21-18(12-31(13)24(34)17-4-5-19(26)20(27)9-17)23-25(35)32(11-14(2)33(23)30-21)15(3)16-6-7-29-22(28)10-16/h4-7,9-10,13-15H,8,11-12H2,1-3H3/t13-,14-,15+/m1/s1. The number of nitrogens with zero attached hydrogens (tertiary/aromatic N) is 5. The number of hydrogen-bond acceptors (Lipinski definition) is 4. The second kappa shape index (κ2) is 9.12. The first-order valence-electron chi connectivity index (χ1n) is 11.4. The van der Waals surface area contributed by atoms with E-state index in [9.17, 15) is 9.59 Å². The lowest BCUT2D eigenvalue weighted by Crippen LogP contribution is -2.45. The summed E-state index contributed by atoms with van der Waals surface area (Å²) >= 11 is 18.3. The highest BCUT2D eigenvalue weighted by molar-refractivity contribution is 6.42. The summed E-state index contributed by atoms with van der Waals surface area (Å²) in [4.78, 5) is 34.8. The van der Waals surface area contributed by atoms with E-state index in [2.05, 4.69) is 11.9 Å². The van der Waals surface area contributed by atoms with Crippen LogP contribution in [0.3, 0.4) is 0 Å². The van der Waals surface area contributed by atoms with E-state index in [-0.39, 0.29) is 29.9 Å². The molecule has 0 aliphatic carbocycles. The lowest BCUT2D eigenvalue weighted by Gasteiger charge is -2.37. The van der Waals surface area contributed by atoms with Crippen LogP contribution in [0.1, 0.15) is 70.5 Å². The van der Waals surface area contributed by atoms with Crippen LogP contribution in [0.4, 0.5) is 0 Å². The van der Waals surface area contributed by atoms with Crippen molar-refractivity contribution in [3.05, 3.63) is 79.8 Å². The van der Waals surface area contributed by atoms with E-state index in [0.717, 1.165) is 16.8 Å². The van der Waals surface area contributed by atoms with Crippen LogP contribution in [0.25, 0.3) is 0 Å². The molecule has 3 atom stereocenters. The van der Waals surface area contributed by atoms with Gasteiger partial charge in [0.1, 0.15) is 10.8 Å². The predicted molar refractivity (Wildman–Crippen MR) is 135 cm³/mol. The Kier molecular flexibility index (Phi) is 6.28. The number of hydrogen-bond donors (Lipinski definition) is 0. The van der Waals surface area contributed by atoms with Crippen LogP contribution in [-0.2, 0) is 13.0 Å². The minimum absolute atomic E-state index is 0.0115. The van der Waals surface area contributed by atoms with Gasteiger partial charge >= 0.3 is 0 Å². The lowest BCUT2D eigenvalue weighted by atomic mass is 9.96. The lowest BCUT2D eigenvalue weighted by molar-refractivity contribution is 0.0574. The van der Waals surface area contributed by atoms with Gasteiger partial charge in [-0.05, 0) is 56.7 Å². The summed E-state index contributed by atoms with van der Waals surface area (Å²) in [5.41, 5.74) is 3.59. The molecule has 35 heavy (non-hydrogen) atoms. The number of amides is 2. The molecule has 7 nitrogen and oxygen atoms in total. The number of fused-ring (bicyclic) bond motifs is 3. The van der Waals surface area contributed by atoms with E-state index in [0.29, 0.717) is 46.0 Å². The third-order valence-electron chi connectivity index (χ3n) is 6.91. The van der Waals surface area contributed by atoms with Gasteiger partial charge in [-0.3, -0.25) is 14.3 Å². The molecule has 4 heterocycles. The van der Waals surface area contributed by atoms with E-state index in [1.807, 2.05) is 29.5 Å². The van der Waals surface area contributed by atoms with E-state index in [4.69, 9.17) is 39.9 Å². The minimum atomic E-state index is -0.193. The van der Waals surface area contributed by atoms with Crippen LogP contribution >= 0.6 is 34.8 Å². The molecule has 2 aliphatic heterocycles. The molecule has 2 aromatic heterocycles. The maximum Gasteiger partial charge on any atom is 0.273 e. The summed E-state index contributed by atoms with van der Waals surface area (Å²) in [6.45, 7) is 6.85. The predicted octanol–water partition coefficient (Wildman–Crippen LogP) is 5.60. The van der Waals surface area contributed by atoms with E-state index in [1.165, 1.54) is 0 Å². The Morgan fingerprint density at radius 2 is 1.86 bits per heavy atom. The van der Waals surface area contributed by atoms with Gasteiger partial charge in [-0.1, -0.05) is 34.8 Å². The molecule has 0 N–H and O–H groups in total. The van der Waals surface area contributed by atoms with Crippen LogP contribution in [0.15, 0.2) is 36.5 Å². The van der Waals surface area contributed by atoms with E-state index >= 15 is 0 Å². The van der Waals surface area contributed by atoms with Crippen molar-refractivity contribution in [3.8, 4) is 0 Å². The van der Waals surface area contributed by atoms with Gasteiger partial charge in [-0.2, -0.15) is 5.10 Å². The number of benzene rings is 1. The van der Waals surface area contributed by atoms with Crippen molar-refractivity contribution in [3.63, 3.8) is 0 Å². The highest BCUT2D eigenvalue weighted by Gasteiger charge is 2.40. The van der Waals surface area contributed by atoms with Gasteiger partial charge < -0.3 is 9.80 Å². The maximum atomic E-state index is 13.8. The second-order valence-corrected chi connectivity index (χ2v) is 10.4. The fourth-order valence-corrected chi connectivity index (χ4v) is 5.43. The van der Waals surface area contributed by atoms with Crippen molar-refractivity contribution in [2.45, 2.75) is 51.9 Å². The zero-order valence-electron chi connectivity index (χ0n) is 19.5. The summed E-state index contributed by atoms with van der Waals surface area (Å²) in [6.07, 6.45) is 2.21. The van der Waals surface area contributed by atoms with Crippen LogP contribution in [0.2, 0.25) is 15.2 Å². The van der Waals surface area contributed by atoms with Crippen LogP contribution in [0.5, 0.6) is 0 Å². The van der Waals surface area contributed by atoms with Crippen molar-refractivity contribution < 1.29 is 9.59 Å². The maximum absolute atomic E-state index is 13.8. The number of pyridine rings is 1. The first-order chi connectivity index (χ1) is 16.7. The van der Waals surface area contributed by atoms with Crippen molar-refractivity contribution in [2.24, 2.45) is 0 Å². The molecule has 2 amide bonds. The number of halogens is 3. The SMILES string of the molecule is C[C@@H]1Cc2nn3c(c2CN1C(=O)c1ccc(Cl)c(Cl)c1)C(=O)N([C@@H](C)c1ccnc(Cl)c1)C[C@H]3C. The molecule has 0 spiro atoms. The molecule has 0 saturated heterocycles. The largest absolute Gasteiger partial charge is 0.331 e. The van der Waals surface area contributed by atoms with Gasteiger partial charge in [-0.25, -0.2) is 4.98 Å². The molecular formula is C25H24Cl3N5O2. The Labute approximate surface area is 218 Å². The zero-order valence-corrected chi connectivity index (χ0v) is 21.8. The average molecular weight is 533 g/mol. The molecular weight excluding hydrogens is 509 g/mol. The normalized spacial score (nSPS) is 20.5. The van der Waals surface area contributed by atoms with Gasteiger partial charge in [0.25, 0.3) is 11.8 Å². The molecule has 10 heteroatoms. The van der Waals surface area contributed by atoms with Crippen LogP contribution < -0.4 is 0 Å². The van der Waals surface area contributed by atoms with Crippen LogP contribution in [0, 0.1) is 0 Å². The third-order valence-corrected chi connectivity index (χ3v) is 7.86. The summed E-state index contributed by atoms with van der Waals surface area (Å²) in [5, 5.41) is 5.92. The molecule has 1 aromatic carbocycles. The third kappa shape index (κ3) is 4.20. The van der Waals surface area contributed by atoms with Crippen LogP contribution in [-0.4, -0.2) is 49.0 Å². The van der Waals surface area contributed by atoms with Gasteiger partial charge in [0.15, 0.2) is 0 Å². The molecule has 5 rings (SSSR count). The molecule has 0 saturated carbocycles. The fraction of sp³-hybridized carbons (Fsp3) is 0.360. The smallest absolute Gasteiger partial charge is 0.273 e. The Bertz CT molecular complexity index is 1340. The summed E-state index contributed by atoms with van der Waals surface area (Å²) in [6, 6.07) is 8.24. The van der Waals surface area contributed by atoms with Gasteiger partial charge in [0.05, 0.1) is 34.4 Å². The second-order valence-electron chi connectivity index (χ2n) is 9.23. The van der Waals surface area contributed by atoms with Gasteiger partial charge in [-0.15, -0.1) is 0 Å². The fourth-order valence-electron chi connectivity index (χ4n) is 4.95. The van der Waals surface area contributed by atoms with Crippen molar-refractivity contribution >= 4 is 46.6 Å². The van der Waals surface area contributed by atoms with Gasteiger partial charge in [0, 0.05) is 36.3 Å². The quantitative estimate of drug-likeness (QED) is 0.412. The molecule has 3 aromatic rings. The van der Waals surface area contributed by atoms with E-state index < -0.39 is 0 Å². The Morgan fingerprint density at radius 1 is 1.09 bits per heavy atom. The van der Waals surface area contributed by atoms with Gasteiger partial charge in [0.2, 0.25) is 0 Å². The Morgan fingerprint density at radius 3 is 2.57 bits per heavy atom. The Hall–Kier alpha value is -2.61. The molecule has 2 aliphatic rings. The molecule has 0 unspecified atom stereocenters. The van der Waals surface area contributed by atoms with Crippen molar-refractivity contribution in [2.75, 3.05) is 6.54 Å². The molecule has 0 bridgehead atoms. The van der Waals surface area contributed by atoms with Crippen molar-refractivity contribution in [1.29, 1.82) is 0 Å². The monoisotopic (exact) mass is 531 g/mol. The summed E-state index contributed by atoms with van der Waals surface area (Å²) in [7, 11) is 0. The highest BCUT2D eigenvalue weighted by Crippen LogP contribution is 2.35. The number of rotatable bonds is 3. The first kappa shape index (κ1) is 24.1. The summed E-state index contributed by atoms with van der Waals surface area (Å²) in [5.74, 6) is -0.261. The topological polar surface area (TPSA) is 71.3 Å². The zero-order chi connectivity index (χ0) is 25.0. The minimum Gasteiger partial charge on any atom is -0.331 e. The average Bonchev–Trinajstić information content (AvgIpc) is 3.20. The highest BCUT2D eigenvalue weighted by atomic mass is 35.5. The van der Waals surface area contributed by atoms with Crippen molar-refractivity contribution in [1.82, 2.24) is 24.6 Å². The Balaban J connectivity index is 1.48. The number of carbonyl (C=O) groups is 2. The number of aromatic nitrogens is 3. The summed E-state index contributed by atoms with van der Waals surface area (Å²) < 4.78 is 1.83. The first-order valence-corrected chi connectivity index (χ1v) is 12.6. The molecule has 182 valence electrons. The molecule has 0 radical (unpaired) electrons. The molecule has 0 fully saturated rings. The number of carbonyl (C=O) groups excluding carboxylic acids is 2.